The average molecular weight is 212 g/mol. The van der Waals surface area contributed by atoms with E-state index in [9.17, 15) is 4.79 Å². The van der Waals surface area contributed by atoms with Gasteiger partial charge in [-0.1, -0.05) is 13.8 Å². The number of carbonyl (C=O) groups is 1. The molecular formula is C12H24N2O. The lowest BCUT2D eigenvalue weighted by atomic mass is 9.94. The van der Waals surface area contributed by atoms with Crippen molar-refractivity contribution < 1.29 is 4.79 Å². The Labute approximate surface area is 93.0 Å². The number of hydrogen-bond acceptors (Lipinski definition) is 2. The molecule has 0 radical (unpaired) electrons. The molecule has 1 rings (SSSR count). The first-order valence-electron chi connectivity index (χ1n) is 6.09. The van der Waals surface area contributed by atoms with E-state index in [1.165, 1.54) is 12.8 Å². The van der Waals surface area contributed by atoms with Gasteiger partial charge in [-0.3, -0.25) is 4.79 Å². The summed E-state index contributed by atoms with van der Waals surface area (Å²) in [6.07, 6.45) is 2.58. The first kappa shape index (κ1) is 12.5. The van der Waals surface area contributed by atoms with Crippen LogP contribution in [0.4, 0.5) is 0 Å². The van der Waals surface area contributed by atoms with Crippen LogP contribution in [0.15, 0.2) is 0 Å². The van der Waals surface area contributed by atoms with Crippen molar-refractivity contribution in [2.75, 3.05) is 19.6 Å². The number of carbonyl (C=O) groups excluding carboxylic acids is 1. The van der Waals surface area contributed by atoms with Crippen molar-refractivity contribution in [2.24, 2.45) is 23.5 Å². The lowest BCUT2D eigenvalue weighted by molar-refractivity contribution is -0.136. The van der Waals surface area contributed by atoms with Crippen molar-refractivity contribution in [2.45, 2.75) is 33.6 Å². The maximum Gasteiger partial charge on any atom is 0.227 e. The van der Waals surface area contributed by atoms with Gasteiger partial charge in [0.05, 0.1) is 5.92 Å². The van der Waals surface area contributed by atoms with Gasteiger partial charge in [0.15, 0.2) is 0 Å². The standard InChI is InChI=1S/C12H24N2O/c1-4-14(8-10-5-6-10)12(15)11(7-13)9(2)3/h9-11H,4-8,13H2,1-3H3. The lowest BCUT2D eigenvalue weighted by Crippen LogP contribution is -2.42. The minimum atomic E-state index is 0.00343. The van der Waals surface area contributed by atoms with Crippen molar-refractivity contribution in [3.8, 4) is 0 Å². The minimum Gasteiger partial charge on any atom is -0.342 e. The maximum absolute atomic E-state index is 12.2. The van der Waals surface area contributed by atoms with Crippen LogP contribution in [-0.2, 0) is 4.79 Å². The number of amides is 1. The molecule has 0 aromatic rings. The molecule has 15 heavy (non-hydrogen) atoms. The Balaban J connectivity index is 2.52. The van der Waals surface area contributed by atoms with Gasteiger partial charge in [0.1, 0.15) is 0 Å². The third-order valence-electron chi connectivity index (χ3n) is 3.24. The average Bonchev–Trinajstić information content (AvgIpc) is 2.98. The fourth-order valence-electron chi connectivity index (χ4n) is 1.88. The van der Waals surface area contributed by atoms with Crippen LogP contribution >= 0.6 is 0 Å². The fourth-order valence-corrected chi connectivity index (χ4v) is 1.88. The Kier molecular flexibility index (Phi) is 4.58. The maximum atomic E-state index is 12.2. The van der Waals surface area contributed by atoms with Crippen molar-refractivity contribution in [1.29, 1.82) is 0 Å². The van der Waals surface area contributed by atoms with Crippen molar-refractivity contribution in [3.05, 3.63) is 0 Å². The number of rotatable bonds is 6. The van der Waals surface area contributed by atoms with Crippen LogP contribution in [0.5, 0.6) is 0 Å². The van der Waals surface area contributed by atoms with E-state index >= 15 is 0 Å². The van der Waals surface area contributed by atoms with Crippen LogP contribution < -0.4 is 5.73 Å². The van der Waals surface area contributed by atoms with Crippen LogP contribution in [-0.4, -0.2) is 30.4 Å². The van der Waals surface area contributed by atoms with Gasteiger partial charge in [0, 0.05) is 19.6 Å². The van der Waals surface area contributed by atoms with E-state index in [4.69, 9.17) is 5.73 Å². The molecule has 0 bridgehead atoms. The highest BCUT2D eigenvalue weighted by Gasteiger charge is 2.30. The van der Waals surface area contributed by atoms with Gasteiger partial charge >= 0.3 is 0 Å². The quantitative estimate of drug-likeness (QED) is 0.725. The summed E-state index contributed by atoms with van der Waals surface area (Å²) >= 11 is 0. The van der Waals surface area contributed by atoms with Gasteiger partial charge in [-0.2, -0.15) is 0 Å². The molecule has 3 heteroatoms. The third-order valence-corrected chi connectivity index (χ3v) is 3.24. The van der Waals surface area contributed by atoms with Crippen LogP contribution in [0.3, 0.4) is 0 Å². The predicted octanol–water partition coefficient (Wildman–Crippen LogP) is 1.48. The normalized spacial score (nSPS) is 17.9. The smallest absolute Gasteiger partial charge is 0.227 e. The largest absolute Gasteiger partial charge is 0.342 e. The monoisotopic (exact) mass is 212 g/mol. The van der Waals surface area contributed by atoms with E-state index in [-0.39, 0.29) is 11.8 Å². The Morgan fingerprint density at radius 2 is 2.07 bits per heavy atom. The van der Waals surface area contributed by atoms with Crippen molar-refractivity contribution in [1.82, 2.24) is 4.90 Å². The van der Waals surface area contributed by atoms with Crippen LogP contribution in [0.2, 0.25) is 0 Å². The van der Waals surface area contributed by atoms with Crippen LogP contribution in [0.1, 0.15) is 33.6 Å². The number of hydrogen-bond donors (Lipinski definition) is 1. The molecule has 0 spiro atoms. The van der Waals surface area contributed by atoms with Gasteiger partial charge in [-0.05, 0) is 31.6 Å². The Morgan fingerprint density at radius 3 is 2.40 bits per heavy atom. The molecule has 1 atom stereocenters. The summed E-state index contributed by atoms with van der Waals surface area (Å²) in [6, 6.07) is 0. The highest BCUT2D eigenvalue weighted by molar-refractivity contribution is 5.79. The molecule has 0 aromatic carbocycles. The first-order chi connectivity index (χ1) is 7.10. The molecule has 3 nitrogen and oxygen atoms in total. The Morgan fingerprint density at radius 1 is 1.47 bits per heavy atom. The second-order valence-corrected chi connectivity index (χ2v) is 4.91. The summed E-state index contributed by atoms with van der Waals surface area (Å²) in [5.74, 6) is 1.36. The zero-order chi connectivity index (χ0) is 11.4. The number of nitrogens with zero attached hydrogens (tertiary/aromatic N) is 1. The molecule has 1 aliphatic rings. The SMILES string of the molecule is CCN(CC1CC1)C(=O)C(CN)C(C)C. The molecule has 0 heterocycles. The van der Waals surface area contributed by atoms with E-state index < -0.39 is 0 Å². The molecule has 88 valence electrons. The molecule has 1 amide bonds. The molecule has 1 fully saturated rings. The van der Waals surface area contributed by atoms with Gasteiger partial charge < -0.3 is 10.6 Å². The highest BCUT2D eigenvalue weighted by Crippen LogP contribution is 2.30. The molecule has 0 aliphatic heterocycles. The minimum absolute atomic E-state index is 0.00343. The molecule has 0 saturated heterocycles. The highest BCUT2D eigenvalue weighted by atomic mass is 16.2. The number of nitrogens with two attached hydrogens (primary N) is 1. The van der Waals surface area contributed by atoms with Crippen molar-refractivity contribution >= 4 is 5.91 Å². The second kappa shape index (κ2) is 5.50. The van der Waals surface area contributed by atoms with Gasteiger partial charge in [0.25, 0.3) is 0 Å². The first-order valence-corrected chi connectivity index (χ1v) is 6.09. The third kappa shape index (κ3) is 3.49. The molecule has 1 unspecified atom stereocenters. The zero-order valence-corrected chi connectivity index (χ0v) is 10.2. The molecule has 1 aliphatic carbocycles. The van der Waals surface area contributed by atoms with E-state index in [1.807, 2.05) is 11.8 Å². The molecule has 1 saturated carbocycles. The summed E-state index contributed by atoms with van der Waals surface area (Å²) in [4.78, 5) is 14.1. The summed E-state index contributed by atoms with van der Waals surface area (Å²) in [5.41, 5.74) is 5.67. The lowest BCUT2D eigenvalue weighted by Gasteiger charge is -2.27. The predicted molar refractivity (Wildman–Crippen MR) is 62.4 cm³/mol. The van der Waals surface area contributed by atoms with E-state index in [0.29, 0.717) is 12.5 Å². The second-order valence-electron chi connectivity index (χ2n) is 4.91. The summed E-state index contributed by atoms with van der Waals surface area (Å²) in [6.45, 7) is 8.42. The Hall–Kier alpha value is -0.570. The molecule has 0 aromatic heterocycles. The van der Waals surface area contributed by atoms with Crippen molar-refractivity contribution in [3.63, 3.8) is 0 Å². The van der Waals surface area contributed by atoms with Gasteiger partial charge in [-0.25, -0.2) is 0 Å². The zero-order valence-electron chi connectivity index (χ0n) is 10.2. The van der Waals surface area contributed by atoms with Gasteiger partial charge in [-0.15, -0.1) is 0 Å². The van der Waals surface area contributed by atoms with Crippen LogP contribution in [0.25, 0.3) is 0 Å². The van der Waals surface area contributed by atoms with E-state index in [2.05, 4.69) is 13.8 Å². The van der Waals surface area contributed by atoms with E-state index in [1.54, 1.807) is 0 Å². The summed E-state index contributed by atoms with van der Waals surface area (Å²) in [7, 11) is 0. The molecular weight excluding hydrogens is 188 g/mol. The van der Waals surface area contributed by atoms with Gasteiger partial charge in [0.2, 0.25) is 5.91 Å². The topological polar surface area (TPSA) is 46.3 Å². The summed E-state index contributed by atoms with van der Waals surface area (Å²) < 4.78 is 0. The van der Waals surface area contributed by atoms with Crippen LogP contribution in [0, 0.1) is 17.8 Å². The fraction of sp³-hybridized carbons (Fsp3) is 0.917. The Bertz CT molecular complexity index is 212. The summed E-state index contributed by atoms with van der Waals surface area (Å²) in [5, 5.41) is 0. The van der Waals surface area contributed by atoms with E-state index in [0.717, 1.165) is 19.0 Å². The molecule has 2 N–H and O–H groups in total.